The van der Waals surface area contributed by atoms with Gasteiger partial charge in [0.1, 0.15) is 22.5 Å². The molecular weight excluding hydrogens is 334 g/mol. The lowest BCUT2D eigenvalue weighted by atomic mass is 10.1. The first-order chi connectivity index (χ1) is 12.5. The second-order valence-corrected chi connectivity index (χ2v) is 5.75. The van der Waals surface area contributed by atoms with Gasteiger partial charge in [0, 0.05) is 11.6 Å². The predicted octanol–water partition coefficient (Wildman–Crippen LogP) is 2.36. The maximum absolute atomic E-state index is 12.6. The minimum absolute atomic E-state index is 0.0197. The number of hydrogen-bond acceptors (Lipinski definition) is 5. The van der Waals surface area contributed by atoms with E-state index < -0.39 is 17.1 Å². The number of nitrogens with one attached hydrogen (secondary N) is 1. The van der Waals surface area contributed by atoms with Crippen molar-refractivity contribution in [2.24, 2.45) is 0 Å². The lowest BCUT2D eigenvalue weighted by Gasteiger charge is -2.09. The maximum Gasteiger partial charge on any atom is 0.349 e. The lowest BCUT2D eigenvalue weighted by molar-refractivity contribution is 0.102. The molecular formula is C19H13N3O4. The highest BCUT2D eigenvalue weighted by molar-refractivity contribution is 6.05. The van der Waals surface area contributed by atoms with Crippen LogP contribution in [0.5, 0.6) is 0 Å². The van der Waals surface area contributed by atoms with E-state index in [1.165, 1.54) is 10.5 Å². The molecule has 0 radical (unpaired) electrons. The Morgan fingerprint density at radius 1 is 1.12 bits per heavy atom. The Bertz CT molecular complexity index is 1290. The molecule has 0 saturated heterocycles. The number of carbonyl (C=O) groups is 1. The van der Waals surface area contributed by atoms with Crippen molar-refractivity contribution in [3.05, 3.63) is 86.8 Å². The van der Waals surface area contributed by atoms with Crippen molar-refractivity contribution >= 4 is 28.2 Å². The van der Waals surface area contributed by atoms with Crippen LogP contribution < -0.4 is 16.5 Å². The molecule has 7 nitrogen and oxygen atoms in total. The third-order valence-corrected chi connectivity index (χ3v) is 4.04. The zero-order chi connectivity index (χ0) is 18.3. The smallest absolute Gasteiger partial charge is 0.349 e. The fourth-order valence-electron chi connectivity index (χ4n) is 2.74. The second kappa shape index (κ2) is 5.96. The Labute approximate surface area is 146 Å². The number of fused-ring (bicyclic) bond motifs is 2. The van der Waals surface area contributed by atoms with Crippen LogP contribution in [0.15, 0.2) is 68.7 Å². The first kappa shape index (κ1) is 15.8. The minimum Gasteiger partial charge on any atom is -0.422 e. The summed E-state index contributed by atoms with van der Waals surface area (Å²) in [6.45, 7) is 1.62. The molecule has 7 heteroatoms. The third kappa shape index (κ3) is 2.55. The number of amides is 1. The molecule has 0 saturated carbocycles. The van der Waals surface area contributed by atoms with Crippen molar-refractivity contribution in [3.8, 4) is 0 Å². The van der Waals surface area contributed by atoms with Gasteiger partial charge in [-0.15, -0.1) is 0 Å². The quantitative estimate of drug-likeness (QED) is 0.562. The van der Waals surface area contributed by atoms with Gasteiger partial charge in [-0.2, -0.15) is 0 Å². The van der Waals surface area contributed by atoms with Crippen LogP contribution in [0.25, 0.3) is 16.6 Å². The van der Waals surface area contributed by atoms with Crippen LogP contribution in [-0.4, -0.2) is 15.3 Å². The fraction of sp³-hybridized carbons (Fsp3) is 0.0526. The third-order valence-electron chi connectivity index (χ3n) is 4.04. The Hall–Kier alpha value is -3.74. The largest absolute Gasteiger partial charge is 0.422 e. The van der Waals surface area contributed by atoms with E-state index in [0.717, 1.165) is 0 Å². The monoisotopic (exact) mass is 347 g/mol. The van der Waals surface area contributed by atoms with Crippen LogP contribution in [0.1, 0.15) is 16.1 Å². The highest BCUT2D eigenvalue weighted by atomic mass is 16.4. The summed E-state index contributed by atoms with van der Waals surface area (Å²) in [5, 5.41) is 3.11. The topological polar surface area (TPSA) is 93.7 Å². The number of nitrogens with zero attached hydrogens (tertiary/aromatic N) is 2. The Balaban J connectivity index is 1.80. The van der Waals surface area contributed by atoms with Crippen molar-refractivity contribution in [2.45, 2.75) is 6.92 Å². The summed E-state index contributed by atoms with van der Waals surface area (Å²) < 4.78 is 6.49. The molecule has 0 spiro atoms. The number of anilines is 1. The van der Waals surface area contributed by atoms with Crippen LogP contribution in [0.3, 0.4) is 0 Å². The van der Waals surface area contributed by atoms with Gasteiger partial charge in [0.25, 0.3) is 11.5 Å². The van der Waals surface area contributed by atoms with Crippen molar-refractivity contribution < 1.29 is 9.21 Å². The summed E-state index contributed by atoms with van der Waals surface area (Å²) in [6, 6.07) is 13.5. The zero-order valence-corrected chi connectivity index (χ0v) is 13.7. The van der Waals surface area contributed by atoms with E-state index in [-0.39, 0.29) is 11.3 Å². The van der Waals surface area contributed by atoms with E-state index in [9.17, 15) is 14.4 Å². The molecule has 0 fully saturated rings. The first-order valence-corrected chi connectivity index (χ1v) is 7.87. The summed E-state index contributed by atoms with van der Waals surface area (Å²) >= 11 is 0. The van der Waals surface area contributed by atoms with Gasteiger partial charge in [-0.1, -0.05) is 24.3 Å². The Morgan fingerprint density at radius 3 is 2.73 bits per heavy atom. The summed E-state index contributed by atoms with van der Waals surface area (Å²) in [6.07, 6.45) is 1.56. The van der Waals surface area contributed by atoms with Gasteiger partial charge in [-0.05, 0) is 31.2 Å². The van der Waals surface area contributed by atoms with Gasteiger partial charge < -0.3 is 9.73 Å². The number of hydrogen-bond donors (Lipinski definition) is 1. The number of carbonyl (C=O) groups excluding carboxylic acids is 1. The molecule has 0 bridgehead atoms. The lowest BCUT2D eigenvalue weighted by Crippen LogP contribution is -2.27. The van der Waals surface area contributed by atoms with Crippen LogP contribution in [0, 0.1) is 6.92 Å². The van der Waals surface area contributed by atoms with Gasteiger partial charge in [-0.3, -0.25) is 14.0 Å². The Kier molecular flexibility index (Phi) is 3.62. The number of pyridine rings is 1. The first-order valence-electron chi connectivity index (χ1n) is 7.87. The summed E-state index contributed by atoms with van der Waals surface area (Å²) in [5.74, 6) is -0.720. The molecule has 4 aromatic rings. The van der Waals surface area contributed by atoms with E-state index >= 15 is 0 Å². The summed E-state index contributed by atoms with van der Waals surface area (Å²) in [5.41, 5.74) is -0.137. The second-order valence-electron chi connectivity index (χ2n) is 5.75. The number of aromatic nitrogens is 2. The van der Waals surface area contributed by atoms with E-state index in [4.69, 9.17) is 4.42 Å². The normalized spacial score (nSPS) is 11.0. The summed E-state index contributed by atoms with van der Waals surface area (Å²) in [4.78, 5) is 41.6. The van der Waals surface area contributed by atoms with Crippen molar-refractivity contribution in [2.75, 3.05) is 5.32 Å². The van der Waals surface area contributed by atoms with Crippen molar-refractivity contribution in [1.29, 1.82) is 0 Å². The van der Waals surface area contributed by atoms with Gasteiger partial charge in [0.15, 0.2) is 0 Å². The van der Waals surface area contributed by atoms with Gasteiger partial charge in [-0.25, -0.2) is 9.78 Å². The van der Waals surface area contributed by atoms with Crippen LogP contribution in [0.4, 0.5) is 5.69 Å². The SMILES string of the molecule is Cc1nc2ccccn2c(=O)c1NC(=O)c1cc2ccccc2oc1=O. The maximum atomic E-state index is 12.6. The molecule has 1 amide bonds. The molecule has 4 rings (SSSR count). The molecule has 128 valence electrons. The molecule has 1 aromatic carbocycles. The van der Waals surface area contributed by atoms with E-state index in [1.54, 1.807) is 55.6 Å². The number of rotatable bonds is 2. The molecule has 26 heavy (non-hydrogen) atoms. The van der Waals surface area contributed by atoms with Crippen molar-refractivity contribution in [3.63, 3.8) is 0 Å². The van der Waals surface area contributed by atoms with Crippen LogP contribution in [-0.2, 0) is 0 Å². The van der Waals surface area contributed by atoms with Crippen molar-refractivity contribution in [1.82, 2.24) is 9.38 Å². The molecule has 0 atom stereocenters. The van der Waals surface area contributed by atoms with E-state index in [2.05, 4.69) is 10.3 Å². The molecule has 0 unspecified atom stereocenters. The average Bonchev–Trinajstić information content (AvgIpc) is 2.64. The molecule has 1 N–H and O–H groups in total. The highest BCUT2D eigenvalue weighted by Crippen LogP contribution is 2.14. The van der Waals surface area contributed by atoms with Crippen LogP contribution in [0.2, 0.25) is 0 Å². The predicted molar refractivity (Wildman–Crippen MR) is 96.6 cm³/mol. The number of para-hydroxylation sites is 1. The highest BCUT2D eigenvalue weighted by Gasteiger charge is 2.18. The molecule has 3 heterocycles. The molecule has 0 aliphatic carbocycles. The molecule has 3 aromatic heterocycles. The van der Waals surface area contributed by atoms with Gasteiger partial charge >= 0.3 is 5.63 Å². The van der Waals surface area contributed by atoms with Gasteiger partial charge in [0.2, 0.25) is 0 Å². The average molecular weight is 347 g/mol. The van der Waals surface area contributed by atoms with E-state index in [0.29, 0.717) is 22.3 Å². The van der Waals surface area contributed by atoms with Crippen LogP contribution >= 0.6 is 0 Å². The van der Waals surface area contributed by atoms with Gasteiger partial charge in [0.05, 0.1) is 5.69 Å². The summed E-state index contributed by atoms with van der Waals surface area (Å²) in [7, 11) is 0. The molecule has 0 aliphatic heterocycles. The number of benzene rings is 1. The number of aryl methyl sites for hydroxylation is 1. The van der Waals surface area contributed by atoms with E-state index in [1.807, 2.05) is 0 Å². The standard InChI is InChI=1S/C19H13N3O4/c1-11-16(18(24)22-9-5-4-8-15(22)20-11)21-17(23)13-10-12-6-2-3-7-14(12)26-19(13)25/h2-10H,1H3,(H,21,23). The minimum atomic E-state index is -0.771. The molecule has 0 aliphatic rings. The fourth-order valence-corrected chi connectivity index (χ4v) is 2.74. The Morgan fingerprint density at radius 2 is 1.88 bits per heavy atom. The zero-order valence-electron chi connectivity index (χ0n) is 13.7.